The first-order valence-electron chi connectivity index (χ1n) is 15.6. The lowest BCUT2D eigenvalue weighted by Crippen LogP contribution is -2.54. The molecule has 2 amide bonds. The highest BCUT2D eigenvalue weighted by Gasteiger charge is 2.35. The van der Waals surface area contributed by atoms with Gasteiger partial charge in [0.25, 0.3) is 10.0 Å². The molecule has 240 valence electrons. The highest BCUT2D eigenvalue weighted by molar-refractivity contribution is 7.92. The molecule has 4 aromatic rings. The number of benzene rings is 4. The zero-order chi connectivity index (χ0) is 32.7. The molecule has 1 saturated carbocycles. The van der Waals surface area contributed by atoms with E-state index in [1.807, 2.05) is 62.4 Å². The van der Waals surface area contributed by atoms with E-state index in [2.05, 4.69) is 5.32 Å². The third kappa shape index (κ3) is 8.17. The summed E-state index contributed by atoms with van der Waals surface area (Å²) in [6.45, 7) is 3.27. The molecule has 7 nitrogen and oxygen atoms in total. The Hall–Kier alpha value is -4.14. The van der Waals surface area contributed by atoms with E-state index in [0.29, 0.717) is 16.3 Å². The first-order chi connectivity index (χ1) is 22.1. The molecule has 4 aromatic carbocycles. The molecular weight excluding hydrogens is 618 g/mol. The van der Waals surface area contributed by atoms with Crippen LogP contribution >= 0.6 is 11.6 Å². The van der Waals surface area contributed by atoms with Crippen LogP contribution in [0.4, 0.5) is 5.69 Å². The van der Waals surface area contributed by atoms with E-state index in [9.17, 15) is 18.0 Å². The second-order valence-corrected chi connectivity index (χ2v) is 14.2. The van der Waals surface area contributed by atoms with Gasteiger partial charge in [0.2, 0.25) is 11.8 Å². The predicted molar refractivity (Wildman–Crippen MR) is 183 cm³/mol. The second-order valence-electron chi connectivity index (χ2n) is 12.0. The molecule has 0 heterocycles. The Morgan fingerprint density at radius 3 is 2.20 bits per heavy atom. The van der Waals surface area contributed by atoms with Gasteiger partial charge in [0.05, 0.1) is 10.6 Å². The van der Waals surface area contributed by atoms with Gasteiger partial charge in [-0.3, -0.25) is 13.9 Å². The van der Waals surface area contributed by atoms with Crippen LogP contribution in [0.3, 0.4) is 0 Å². The first-order valence-corrected chi connectivity index (χ1v) is 17.5. The molecule has 1 fully saturated rings. The Kier molecular flexibility index (Phi) is 10.8. The van der Waals surface area contributed by atoms with Crippen molar-refractivity contribution < 1.29 is 18.0 Å². The normalized spacial score (nSPS) is 14.1. The predicted octanol–water partition coefficient (Wildman–Crippen LogP) is 6.85. The molecule has 0 bridgehead atoms. The molecule has 46 heavy (non-hydrogen) atoms. The number of nitrogens with zero attached hydrogens (tertiary/aromatic N) is 2. The maximum atomic E-state index is 14.6. The van der Waals surface area contributed by atoms with Gasteiger partial charge in [-0.15, -0.1) is 0 Å². The van der Waals surface area contributed by atoms with E-state index >= 15 is 0 Å². The number of amides is 2. The minimum Gasteiger partial charge on any atom is -0.352 e. The topological polar surface area (TPSA) is 86.8 Å². The molecule has 0 aromatic heterocycles. The number of sulfonamides is 1. The first kappa shape index (κ1) is 33.2. The van der Waals surface area contributed by atoms with Crippen LogP contribution in [0.2, 0.25) is 5.02 Å². The number of rotatable bonds is 12. The van der Waals surface area contributed by atoms with Gasteiger partial charge in [0.1, 0.15) is 12.6 Å². The Morgan fingerprint density at radius 1 is 0.848 bits per heavy atom. The highest BCUT2D eigenvalue weighted by atomic mass is 35.5. The van der Waals surface area contributed by atoms with Crippen LogP contribution in [-0.2, 0) is 32.6 Å². The zero-order valence-corrected chi connectivity index (χ0v) is 27.8. The van der Waals surface area contributed by atoms with Gasteiger partial charge in [0, 0.05) is 24.0 Å². The van der Waals surface area contributed by atoms with Crippen molar-refractivity contribution >= 4 is 39.1 Å². The van der Waals surface area contributed by atoms with E-state index in [4.69, 9.17) is 11.6 Å². The van der Waals surface area contributed by atoms with Crippen LogP contribution in [0.1, 0.15) is 47.9 Å². The van der Waals surface area contributed by atoms with Crippen molar-refractivity contribution in [2.75, 3.05) is 10.8 Å². The van der Waals surface area contributed by atoms with E-state index in [0.717, 1.165) is 46.7 Å². The minimum atomic E-state index is -4.16. The van der Waals surface area contributed by atoms with Crippen molar-refractivity contribution in [3.8, 4) is 0 Å². The Balaban J connectivity index is 1.57. The molecule has 1 aliphatic carbocycles. The van der Waals surface area contributed by atoms with E-state index in [1.54, 1.807) is 54.6 Å². The van der Waals surface area contributed by atoms with Gasteiger partial charge < -0.3 is 10.2 Å². The Bertz CT molecular complexity index is 1760. The largest absolute Gasteiger partial charge is 0.352 e. The lowest BCUT2D eigenvalue weighted by Gasteiger charge is -2.34. The molecule has 0 spiro atoms. The smallest absolute Gasteiger partial charge is 0.264 e. The van der Waals surface area contributed by atoms with Crippen LogP contribution < -0.4 is 9.62 Å². The SMILES string of the molecule is Cc1ccc(S(=O)(=O)N(CC(=O)N(Cc2ccccc2Cl)[C@@H](Cc2ccccc2)C(=O)NC2CCCC2)c2cccc(C)c2)cc1. The van der Waals surface area contributed by atoms with Crippen molar-refractivity contribution in [2.45, 2.75) is 69.5 Å². The van der Waals surface area contributed by atoms with Crippen LogP contribution in [0.25, 0.3) is 0 Å². The van der Waals surface area contributed by atoms with Crippen molar-refractivity contribution in [1.29, 1.82) is 0 Å². The Labute approximate surface area is 277 Å². The number of carbonyl (C=O) groups is 2. The lowest BCUT2D eigenvalue weighted by molar-refractivity contribution is -0.140. The van der Waals surface area contributed by atoms with Crippen molar-refractivity contribution in [3.05, 3.63) is 130 Å². The second kappa shape index (κ2) is 15.0. The summed E-state index contributed by atoms with van der Waals surface area (Å²) >= 11 is 6.59. The average molecular weight is 658 g/mol. The van der Waals surface area contributed by atoms with Crippen molar-refractivity contribution in [1.82, 2.24) is 10.2 Å². The third-order valence-corrected chi connectivity index (χ3v) is 10.6. The van der Waals surface area contributed by atoms with E-state index < -0.39 is 28.5 Å². The van der Waals surface area contributed by atoms with Crippen LogP contribution in [-0.4, -0.2) is 43.8 Å². The van der Waals surface area contributed by atoms with Crippen molar-refractivity contribution in [3.63, 3.8) is 0 Å². The summed E-state index contributed by atoms with van der Waals surface area (Å²) in [6, 6.07) is 29.5. The summed E-state index contributed by atoms with van der Waals surface area (Å²) in [5.74, 6) is -0.778. The molecule has 0 aliphatic heterocycles. The molecule has 0 radical (unpaired) electrons. The molecule has 9 heteroatoms. The summed E-state index contributed by atoms with van der Waals surface area (Å²) in [5.41, 5.74) is 3.67. The van der Waals surface area contributed by atoms with Crippen molar-refractivity contribution in [2.24, 2.45) is 0 Å². The fraction of sp³-hybridized carbons (Fsp3) is 0.297. The van der Waals surface area contributed by atoms with Crippen LogP contribution in [0.15, 0.2) is 108 Å². The van der Waals surface area contributed by atoms with Gasteiger partial charge in [-0.25, -0.2) is 8.42 Å². The average Bonchev–Trinajstić information content (AvgIpc) is 3.56. The number of anilines is 1. The van der Waals surface area contributed by atoms with Gasteiger partial charge >= 0.3 is 0 Å². The molecule has 1 N–H and O–H groups in total. The molecular formula is C37H40ClN3O4S. The molecule has 5 rings (SSSR count). The number of nitrogens with one attached hydrogen (secondary N) is 1. The zero-order valence-electron chi connectivity index (χ0n) is 26.2. The fourth-order valence-electron chi connectivity index (χ4n) is 5.88. The molecule has 1 aliphatic rings. The quantitative estimate of drug-likeness (QED) is 0.181. The van der Waals surface area contributed by atoms with Crippen LogP contribution in [0, 0.1) is 13.8 Å². The molecule has 0 unspecified atom stereocenters. The number of aryl methyl sites for hydroxylation is 2. The maximum absolute atomic E-state index is 14.6. The summed E-state index contributed by atoms with van der Waals surface area (Å²) in [5, 5.41) is 3.65. The monoisotopic (exact) mass is 657 g/mol. The summed E-state index contributed by atoms with van der Waals surface area (Å²) < 4.78 is 29.6. The number of hydrogen-bond acceptors (Lipinski definition) is 4. The van der Waals surface area contributed by atoms with Crippen LogP contribution in [0.5, 0.6) is 0 Å². The highest BCUT2D eigenvalue weighted by Crippen LogP contribution is 2.27. The summed E-state index contributed by atoms with van der Waals surface area (Å²) in [6.07, 6.45) is 4.11. The number of hydrogen-bond donors (Lipinski definition) is 1. The maximum Gasteiger partial charge on any atom is 0.264 e. The van der Waals surface area contributed by atoms with E-state index in [-0.39, 0.29) is 29.8 Å². The van der Waals surface area contributed by atoms with Gasteiger partial charge in [-0.1, -0.05) is 103 Å². The lowest BCUT2D eigenvalue weighted by atomic mass is 10.0. The standard InChI is InChI=1S/C37H40ClN3O4S/c1-27-19-21-33(22-20-27)46(44,45)41(32-17-10-11-28(2)23-32)26-36(42)40(25-30-14-6-9-18-34(30)38)35(24-29-12-4-3-5-13-29)37(43)39-31-15-7-8-16-31/h3-6,9-14,17-23,31,35H,7-8,15-16,24-26H2,1-2H3,(H,39,43)/t35-/m0/s1. The Morgan fingerprint density at radius 2 is 1.52 bits per heavy atom. The number of carbonyl (C=O) groups excluding carboxylic acids is 2. The van der Waals surface area contributed by atoms with Gasteiger partial charge in [-0.05, 0) is 73.7 Å². The minimum absolute atomic E-state index is 0.0281. The fourth-order valence-corrected chi connectivity index (χ4v) is 7.48. The third-order valence-electron chi connectivity index (χ3n) is 8.45. The molecule has 1 atom stereocenters. The van der Waals surface area contributed by atoms with E-state index in [1.165, 1.54) is 4.90 Å². The van der Waals surface area contributed by atoms with Gasteiger partial charge in [0.15, 0.2) is 0 Å². The van der Waals surface area contributed by atoms with Gasteiger partial charge in [-0.2, -0.15) is 0 Å². The summed E-state index contributed by atoms with van der Waals surface area (Å²) in [4.78, 5) is 30.3. The molecule has 0 saturated heterocycles. The summed E-state index contributed by atoms with van der Waals surface area (Å²) in [7, 11) is -4.16. The number of halogens is 1.